The van der Waals surface area contributed by atoms with Gasteiger partial charge in [-0.2, -0.15) is 5.10 Å². The van der Waals surface area contributed by atoms with Crippen molar-refractivity contribution in [2.24, 2.45) is 0 Å². The van der Waals surface area contributed by atoms with Crippen molar-refractivity contribution >= 4 is 17.5 Å². The minimum atomic E-state index is -0.139. The molecule has 3 heterocycles. The molecule has 1 amide bonds. The van der Waals surface area contributed by atoms with Crippen molar-refractivity contribution in [1.29, 1.82) is 0 Å². The molecule has 8 nitrogen and oxygen atoms in total. The Morgan fingerprint density at radius 3 is 2.50 bits per heavy atom. The number of nitrogens with zero attached hydrogens (tertiary/aromatic N) is 6. The van der Waals surface area contributed by atoms with Crippen LogP contribution in [0.4, 0.5) is 11.6 Å². The minimum Gasteiger partial charge on any atom is -0.351 e. The van der Waals surface area contributed by atoms with Crippen LogP contribution in [0.3, 0.4) is 0 Å². The first-order valence-corrected chi connectivity index (χ1v) is 12.0. The standard InChI is InChI=1S/C26H31N7O/c1-17-16-32(25-19(3)18(2)22(30-31-25)13-20-7-5-4-6-8-20)11-12-33(17)24-15-27-23(14-28-24)26(34)29-21-9-10-21/h4-8,14-15,17,21H,9-13,16H2,1-3H3,(H,29,34). The van der Waals surface area contributed by atoms with Crippen LogP contribution >= 0.6 is 0 Å². The molecule has 0 bridgehead atoms. The molecular formula is C26H31N7O. The third kappa shape index (κ3) is 4.71. The van der Waals surface area contributed by atoms with E-state index in [1.165, 1.54) is 16.7 Å². The van der Waals surface area contributed by atoms with Gasteiger partial charge >= 0.3 is 0 Å². The number of piperazine rings is 1. The molecule has 1 aliphatic heterocycles. The van der Waals surface area contributed by atoms with Gasteiger partial charge in [-0.1, -0.05) is 30.3 Å². The van der Waals surface area contributed by atoms with Crippen LogP contribution in [0.2, 0.25) is 0 Å². The maximum atomic E-state index is 12.2. The van der Waals surface area contributed by atoms with Crippen molar-refractivity contribution < 1.29 is 4.79 Å². The fourth-order valence-corrected chi connectivity index (χ4v) is 4.46. The number of benzene rings is 1. The zero-order chi connectivity index (χ0) is 23.7. The molecule has 1 saturated heterocycles. The number of amides is 1. The van der Waals surface area contributed by atoms with Gasteiger partial charge in [-0.15, -0.1) is 5.10 Å². The van der Waals surface area contributed by atoms with E-state index < -0.39 is 0 Å². The van der Waals surface area contributed by atoms with E-state index in [1.54, 1.807) is 12.4 Å². The summed E-state index contributed by atoms with van der Waals surface area (Å²) in [4.78, 5) is 25.6. The molecule has 0 spiro atoms. The van der Waals surface area contributed by atoms with Crippen molar-refractivity contribution in [3.8, 4) is 0 Å². The molecule has 1 saturated carbocycles. The van der Waals surface area contributed by atoms with E-state index in [0.29, 0.717) is 11.7 Å². The fraction of sp³-hybridized carbons (Fsp3) is 0.423. The van der Waals surface area contributed by atoms with Crippen LogP contribution in [0.25, 0.3) is 0 Å². The molecule has 2 aliphatic rings. The molecule has 1 aromatic carbocycles. The SMILES string of the molecule is Cc1c(Cc2ccccc2)nnc(N2CCN(c3cnc(C(=O)NC4CC4)cn3)C(C)C2)c1C. The van der Waals surface area contributed by atoms with Gasteiger partial charge in [-0.05, 0) is 50.3 Å². The largest absolute Gasteiger partial charge is 0.351 e. The maximum Gasteiger partial charge on any atom is 0.271 e. The number of hydrogen-bond donors (Lipinski definition) is 1. The molecule has 1 atom stereocenters. The van der Waals surface area contributed by atoms with Crippen molar-refractivity contribution in [2.45, 2.75) is 52.1 Å². The monoisotopic (exact) mass is 457 g/mol. The number of carbonyl (C=O) groups excluding carboxylic acids is 1. The first kappa shape index (κ1) is 22.3. The highest BCUT2D eigenvalue weighted by Gasteiger charge is 2.28. The molecule has 0 radical (unpaired) electrons. The number of nitrogens with one attached hydrogen (secondary N) is 1. The molecule has 5 rings (SSSR count). The molecule has 8 heteroatoms. The molecule has 2 fully saturated rings. The summed E-state index contributed by atoms with van der Waals surface area (Å²) in [7, 11) is 0. The summed E-state index contributed by atoms with van der Waals surface area (Å²) < 4.78 is 0. The average Bonchev–Trinajstić information content (AvgIpc) is 3.67. The van der Waals surface area contributed by atoms with Crippen molar-refractivity contribution in [1.82, 2.24) is 25.5 Å². The van der Waals surface area contributed by atoms with E-state index in [2.05, 4.69) is 80.3 Å². The van der Waals surface area contributed by atoms with Crippen LogP contribution in [0.1, 0.15) is 52.6 Å². The second-order valence-electron chi connectivity index (χ2n) is 9.38. The smallest absolute Gasteiger partial charge is 0.271 e. The molecule has 2 aromatic heterocycles. The second kappa shape index (κ2) is 9.37. The van der Waals surface area contributed by atoms with E-state index in [-0.39, 0.29) is 11.9 Å². The topological polar surface area (TPSA) is 87.1 Å². The fourth-order valence-electron chi connectivity index (χ4n) is 4.46. The van der Waals surface area contributed by atoms with Crippen molar-refractivity contribution in [2.75, 3.05) is 29.4 Å². The van der Waals surface area contributed by atoms with Gasteiger partial charge < -0.3 is 15.1 Å². The summed E-state index contributed by atoms with van der Waals surface area (Å²) in [6, 6.07) is 10.9. The Hall–Kier alpha value is -3.55. The summed E-state index contributed by atoms with van der Waals surface area (Å²) in [5.41, 5.74) is 5.04. The van der Waals surface area contributed by atoms with Gasteiger partial charge in [0.1, 0.15) is 11.5 Å². The number of rotatable bonds is 6. The summed E-state index contributed by atoms with van der Waals surface area (Å²) in [5.74, 6) is 1.62. The Morgan fingerprint density at radius 1 is 1.03 bits per heavy atom. The zero-order valence-corrected chi connectivity index (χ0v) is 20.0. The first-order valence-electron chi connectivity index (χ1n) is 12.0. The molecule has 3 aromatic rings. The van der Waals surface area contributed by atoms with Crippen LogP contribution in [-0.2, 0) is 6.42 Å². The molecule has 1 aliphatic carbocycles. The second-order valence-corrected chi connectivity index (χ2v) is 9.38. The third-order valence-corrected chi connectivity index (χ3v) is 6.82. The summed E-state index contributed by atoms with van der Waals surface area (Å²) in [6.45, 7) is 8.90. The van der Waals surface area contributed by atoms with Crippen LogP contribution in [0, 0.1) is 13.8 Å². The molecule has 1 N–H and O–H groups in total. The Kier molecular flexibility index (Phi) is 6.13. The summed E-state index contributed by atoms with van der Waals surface area (Å²) in [5, 5.41) is 12.2. The lowest BCUT2D eigenvalue weighted by atomic mass is 10.0. The Labute approximate surface area is 200 Å². The lowest BCUT2D eigenvalue weighted by Crippen LogP contribution is -2.53. The van der Waals surface area contributed by atoms with E-state index in [4.69, 9.17) is 0 Å². The summed E-state index contributed by atoms with van der Waals surface area (Å²) >= 11 is 0. The summed E-state index contributed by atoms with van der Waals surface area (Å²) in [6.07, 6.45) is 6.19. The lowest BCUT2D eigenvalue weighted by Gasteiger charge is -2.41. The van der Waals surface area contributed by atoms with Crippen LogP contribution in [0.15, 0.2) is 42.7 Å². The highest BCUT2D eigenvalue weighted by molar-refractivity contribution is 5.92. The van der Waals surface area contributed by atoms with Crippen molar-refractivity contribution in [3.63, 3.8) is 0 Å². The number of hydrogen-bond acceptors (Lipinski definition) is 7. The molecular weight excluding hydrogens is 426 g/mol. The Balaban J connectivity index is 1.25. The third-order valence-electron chi connectivity index (χ3n) is 6.82. The van der Waals surface area contributed by atoms with Gasteiger partial charge in [0.05, 0.1) is 18.1 Å². The number of carbonyl (C=O) groups is 1. The zero-order valence-electron chi connectivity index (χ0n) is 20.0. The molecule has 176 valence electrons. The maximum absolute atomic E-state index is 12.2. The van der Waals surface area contributed by atoms with Crippen LogP contribution < -0.4 is 15.1 Å². The lowest BCUT2D eigenvalue weighted by molar-refractivity contribution is 0.0945. The Bertz CT molecular complexity index is 1160. The van der Waals surface area contributed by atoms with Crippen LogP contribution in [-0.4, -0.2) is 57.8 Å². The molecule has 1 unspecified atom stereocenters. The van der Waals surface area contributed by atoms with Gasteiger partial charge in [0.15, 0.2) is 5.82 Å². The highest BCUT2D eigenvalue weighted by atomic mass is 16.2. The first-order chi connectivity index (χ1) is 16.5. The predicted molar refractivity (Wildman–Crippen MR) is 132 cm³/mol. The van der Waals surface area contributed by atoms with Gasteiger partial charge in [0.25, 0.3) is 5.91 Å². The predicted octanol–water partition coefficient (Wildman–Crippen LogP) is 3.08. The van der Waals surface area contributed by atoms with E-state index >= 15 is 0 Å². The van der Waals surface area contributed by atoms with E-state index in [0.717, 1.165) is 56.2 Å². The molecule has 34 heavy (non-hydrogen) atoms. The van der Waals surface area contributed by atoms with Crippen molar-refractivity contribution in [3.05, 3.63) is 70.8 Å². The van der Waals surface area contributed by atoms with E-state index in [9.17, 15) is 4.79 Å². The van der Waals surface area contributed by atoms with Gasteiger partial charge in [-0.3, -0.25) is 4.79 Å². The van der Waals surface area contributed by atoms with Crippen LogP contribution in [0.5, 0.6) is 0 Å². The number of aromatic nitrogens is 4. The normalized spacial score (nSPS) is 18.1. The van der Waals surface area contributed by atoms with Gasteiger partial charge in [0.2, 0.25) is 0 Å². The minimum absolute atomic E-state index is 0.139. The quantitative estimate of drug-likeness (QED) is 0.609. The van der Waals surface area contributed by atoms with E-state index in [1.807, 2.05) is 6.07 Å². The highest BCUT2D eigenvalue weighted by Crippen LogP contribution is 2.26. The average molecular weight is 458 g/mol. The van der Waals surface area contributed by atoms with Gasteiger partial charge in [0, 0.05) is 38.1 Å². The van der Waals surface area contributed by atoms with Gasteiger partial charge in [-0.25, -0.2) is 9.97 Å². The number of anilines is 2. The Morgan fingerprint density at radius 2 is 1.82 bits per heavy atom.